The summed E-state index contributed by atoms with van der Waals surface area (Å²) < 4.78 is 42.0. The molecule has 2 aromatic carbocycles. The number of ether oxygens (including phenoxy) is 5. The van der Waals surface area contributed by atoms with Crippen molar-refractivity contribution in [3.05, 3.63) is 95.9 Å². The Kier molecular flexibility index (Phi) is 41.4. The molecule has 1 unspecified atom stereocenters. The molecule has 486 valence electrons. The van der Waals surface area contributed by atoms with E-state index in [-0.39, 0.29) is 37.4 Å². The third-order valence-corrected chi connectivity index (χ3v) is 17.6. The quantitative estimate of drug-likeness (QED) is 0.0205. The number of rotatable bonds is 52. The molecule has 6 N–H and O–H groups in total. The molecule has 5 rings (SSSR count). The number of fused-ring (bicyclic) bond motifs is 1. The number of aliphatic hydroxyl groups is 3. The zero-order valence-corrected chi connectivity index (χ0v) is 54.5. The van der Waals surface area contributed by atoms with Gasteiger partial charge in [0.15, 0.2) is 5.82 Å². The molecule has 0 aliphatic carbocycles. The molecule has 2 aromatic heterocycles. The predicted octanol–water partition coefficient (Wildman–Crippen LogP) is 15.1. The molecule has 86 heavy (non-hydrogen) atoms. The van der Waals surface area contributed by atoms with Crippen molar-refractivity contribution < 1.29 is 52.9 Å². The number of nitrogens with zero attached hydrogens (tertiary/aromatic N) is 4. The molecule has 0 bridgehead atoms. The van der Waals surface area contributed by atoms with Gasteiger partial charge in [-0.25, -0.2) is 9.50 Å². The van der Waals surface area contributed by atoms with Crippen molar-refractivity contribution in [3.8, 4) is 6.07 Å². The minimum absolute atomic E-state index is 0.00575. The smallest absolute Gasteiger partial charge is 0.324 e. The Morgan fingerprint density at radius 2 is 1.02 bits per heavy atom. The third kappa shape index (κ3) is 31.3. The molecule has 0 saturated carbocycles. The summed E-state index contributed by atoms with van der Waals surface area (Å²) in [5.41, 5.74) is 6.56. The lowest BCUT2D eigenvalue weighted by molar-refractivity contribution is -0.0660. The summed E-state index contributed by atoms with van der Waals surface area (Å²) in [4.78, 5) is 14.9. The van der Waals surface area contributed by atoms with Gasteiger partial charge < -0.3 is 58.7 Å². The molecule has 0 amide bonds. The Morgan fingerprint density at radius 3 is 1.45 bits per heavy atom. The van der Waals surface area contributed by atoms with E-state index in [2.05, 4.69) is 23.9 Å². The molecular weight excluding hydrogens is 1130 g/mol. The molecule has 1 aliphatic rings. The van der Waals surface area contributed by atoms with E-state index in [1.807, 2.05) is 66.7 Å². The Balaban J connectivity index is 0.000000433. The van der Waals surface area contributed by atoms with Gasteiger partial charge in [0, 0.05) is 13.2 Å². The zero-order chi connectivity index (χ0) is 61.6. The van der Waals surface area contributed by atoms with Gasteiger partial charge in [-0.3, -0.25) is 0 Å². The van der Waals surface area contributed by atoms with E-state index in [0.717, 1.165) is 37.0 Å². The summed E-state index contributed by atoms with van der Waals surface area (Å²) in [7, 11) is 0. The van der Waals surface area contributed by atoms with Crippen molar-refractivity contribution in [2.45, 2.75) is 269 Å². The first-order valence-corrected chi connectivity index (χ1v) is 35.9. The number of benzene rings is 2. The van der Waals surface area contributed by atoms with Gasteiger partial charge >= 0.3 is 6.72 Å². The Morgan fingerprint density at radius 1 is 0.605 bits per heavy atom. The second kappa shape index (κ2) is 47.5. The number of aliphatic hydroxyl groups excluding tert-OH is 3. The normalized spacial score (nSPS) is 18.2. The van der Waals surface area contributed by atoms with Crippen LogP contribution in [0.25, 0.3) is 5.52 Å². The second-order valence-electron chi connectivity index (χ2n) is 23.4. The molecule has 1 saturated heterocycles. The van der Waals surface area contributed by atoms with Crippen molar-refractivity contribution in [2.24, 2.45) is 0 Å². The lowest BCUT2D eigenvalue weighted by atomic mass is 9.92. The maximum Gasteiger partial charge on any atom is 0.324 e. The van der Waals surface area contributed by atoms with Gasteiger partial charge in [0.25, 0.3) is 0 Å². The Hall–Kier alpha value is -3.44. The Labute approximate surface area is 522 Å². The van der Waals surface area contributed by atoms with Crippen LogP contribution in [-0.4, -0.2) is 112 Å². The lowest BCUT2D eigenvalue weighted by Gasteiger charge is -2.24. The van der Waals surface area contributed by atoms with Crippen LogP contribution in [0.3, 0.4) is 0 Å². The summed E-state index contributed by atoms with van der Waals surface area (Å²) in [6, 6.07) is 24.8. The molecule has 3 heterocycles. The van der Waals surface area contributed by atoms with Crippen LogP contribution in [0.1, 0.15) is 236 Å². The van der Waals surface area contributed by atoms with Gasteiger partial charge in [-0.1, -0.05) is 267 Å². The van der Waals surface area contributed by atoms with Crippen LogP contribution < -0.4 is 5.73 Å². The highest BCUT2D eigenvalue weighted by Crippen LogP contribution is 2.47. The highest BCUT2D eigenvalue weighted by atomic mass is 32.5. The first-order chi connectivity index (χ1) is 42.1. The molecule has 18 heteroatoms. The number of hydrogen-bond acceptors (Lipinski definition) is 15. The Bertz CT molecular complexity index is 2350. The molecule has 16 nitrogen and oxygen atoms in total. The number of nitrogen functional groups attached to an aromatic ring is 1. The first kappa shape index (κ1) is 75.0. The van der Waals surface area contributed by atoms with Crippen molar-refractivity contribution in [1.82, 2.24) is 14.6 Å². The fourth-order valence-electron chi connectivity index (χ4n) is 10.7. The molecule has 1 aliphatic heterocycles. The standard InChI is InChI=1S/C40H62N5O8PS.C28H50O3/c1-2-3-4-5-6-7-8-9-10-11-12-13-14-15-16-20-25-49-27-33(50-26-32-21-18-17-19-22-32)28-51-54(48,55)52-29-35-37(46)38(47)40(30-41,53-35)36-24-23-34-39(42)43-31-44-45(34)36;1-2-3-4-5-6-7-8-9-10-11-12-13-14-15-16-20-23-30-26-28(24-29)31-25-27-21-18-17-19-22-27/h17-19,21-24,31,33,35,37-38,46-47H,2-16,20,25-29H2,1H3,(H,48,55)(H2,42,43,44);17-19,21-22,28-29H,2-16,20,23-26H2,1H3/t33-,35-,37-,38-,40+,54?;28-/m10/s1. The molecular formula is C68H112N5O11PS. The summed E-state index contributed by atoms with van der Waals surface area (Å²) in [6.07, 6.45) is 39.0. The van der Waals surface area contributed by atoms with Crippen LogP contribution in [0.5, 0.6) is 0 Å². The van der Waals surface area contributed by atoms with E-state index >= 15 is 0 Å². The van der Waals surface area contributed by atoms with Crippen molar-refractivity contribution in [3.63, 3.8) is 0 Å². The number of nitriles is 1. The number of nitrogens with two attached hydrogens (primary N) is 1. The molecule has 0 radical (unpaired) electrons. The fourth-order valence-corrected chi connectivity index (χ4v) is 11.9. The highest BCUT2D eigenvalue weighted by molar-refractivity contribution is 8.07. The monoisotopic (exact) mass is 1240 g/mol. The molecule has 0 spiro atoms. The number of unbranched alkanes of at least 4 members (excludes halogenated alkanes) is 30. The van der Waals surface area contributed by atoms with E-state index in [4.69, 9.17) is 50.3 Å². The van der Waals surface area contributed by atoms with Gasteiger partial charge in [0.1, 0.15) is 48.4 Å². The van der Waals surface area contributed by atoms with Crippen LogP contribution in [0.2, 0.25) is 0 Å². The van der Waals surface area contributed by atoms with Crippen LogP contribution in [-0.2, 0) is 63.4 Å². The van der Waals surface area contributed by atoms with E-state index in [1.165, 1.54) is 203 Å². The third-order valence-electron chi connectivity index (χ3n) is 16.1. The van der Waals surface area contributed by atoms with Gasteiger partial charge in [0.05, 0.1) is 51.9 Å². The average molecular weight is 1240 g/mol. The number of hydrogen-bond donors (Lipinski definition) is 5. The minimum atomic E-state index is -3.88. The maximum atomic E-state index is 11.0. The van der Waals surface area contributed by atoms with Gasteiger partial charge in [-0.2, -0.15) is 10.4 Å². The second-order valence-corrected chi connectivity index (χ2v) is 26.3. The van der Waals surface area contributed by atoms with Crippen molar-refractivity contribution >= 4 is 29.9 Å². The molecule has 7 atom stereocenters. The first-order valence-electron chi connectivity index (χ1n) is 33.3. The summed E-state index contributed by atoms with van der Waals surface area (Å²) >= 11 is 5.27. The van der Waals surface area contributed by atoms with Crippen LogP contribution in [0, 0.1) is 11.3 Å². The summed E-state index contributed by atoms with van der Waals surface area (Å²) in [5, 5.41) is 45.6. The van der Waals surface area contributed by atoms with Crippen molar-refractivity contribution in [1.29, 1.82) is 5.26 Å². The number of aromatic nitrogens is 3. The van der Waals surface area contributed by atoms with Gasteiger partial charge in [0.2, 0.25) is 5.60 Å². The van der Waals surface area contributed by atoms with Gasteiger partial charge in [-0.15, -0.1) is 0 Å². The largest absolute Gasteiger partial charge is 0.394 e. The van der Waals surface area contributed by atoms with Crippen molar-refractivity contribution in [2.75, 3.05) is 52.0 Å². The van der Waals surface area contributed by atoms with Crippen LogP contribution >= 0.6 is 6.72 Å². The van der Waals surface area contributed by atoms with Crippen LogP contribution in [0.4, 0.5) is 5.82 Å². The predicted molar refractivity (Wildman–Crippen MR) is 348 cm³/mol. The fraction of sp³-hybridized carbons (Fsp3) is 0.721. The minimum Gasteiger partial charge on any atom is -0.394 e. The lowest BCUT2D eigenvalue weighted by Crippen LogP contribution is -2.41. The summed E-state index contributed by atoms with van der Waals surface area (Å²) in [6.45, 7) is 3.03. The summed E-state index contributed by atoms with van der Waals surface area (Å²) in [5.74, 6) is 0.164. The molecule has 1 fully saturated rings. The van der Waals surface area contributed by atoms with Gasteiger partial charge in [-0.05, 0) is 47.9 Å². The number of anilines is 1. The van der Waals surface area contributed by atoms with E-state index in [0.29, 0.717) is 31.9 Å². The average Bonchev–Trinajstić information content (AvgIpc) is 1.77. The van der Waals surface area contributed by atoms with E-state index in [1.54, 1.807) is 6.07 Å². The van der Waals surface area contributed by atoms with E-state index < -0.39 is 43.3 Å². The topological polar surface area (TPSA) is 226 Å². The van der Waals surface area contributed by atoms with E-state index in [9.17, 15) is 25.5 Å². The van der Waals surface area contributed by atoms with Crippen LogP contribution in [0.15, 0.2) is 79.1 Å². The SMILES string of the molecule is CCCCCCCCCCCCCCCCCCOC[C@H](CO)OCc1ccccc1.CCCCCCCCCCCCCCCCCCOC[C@H](COP(O)(=S)OC[C@H]1O[C@@](C#N)(c2ccc3c(N)ncnn23)[C@H](O)[C@@H]1O)OCc1ccccc1. The zero-order valence-electron chi connectivity index (χ0n) is 52.8. The maximum absolute atomic E-state index is 11.0. The highest BCUT2D eigenvalue weighted by Gasteiger charge is 2.58. The molecule has 4 aromatic rings.